The number of thiophene rings is 1. The molecular formula is C20H17FN4OS2. The van der Waals surface area contributed by atoms with Gasteiger partial charge in [-0.15, -0.1) is 11.3 Å². The normalized spacial score (nSPS) is 14.2. The van der Waals surface area contributed by atoms with Crippen LogP contribution in [-0.2, 0) is 6.54 Å². The Morgan fingerprint density at radius 2 is 2.00 bits per heavy atom. The highest BCUT2D eigenvalue weighted by atomic mass is 32.1. The van der Waals surface area contributed by atoms with E-state index in [4.69, 9.17) is 0 Å². The van der Waals surface area contributed by atoms with Crippen LogP contribution in [0.25, 0.3) is 20.8 Å². The molecule has 8 heteroatoms. The van der Waals surface area contributed by atoms with Gasteiger partial charge in [-0.25, -0.2) is 14.1 Å². The summed E-state index contributed by atoms with van der Waals surface area (Å²) in [5.41, 5.74) is 1.67. The molecule has 5 nitrogen and oxygen atoms in total. The summed E-state index contributed by atoms with van der Waals surface area (Å²) in [5.74, 6) is -0.324. The molecule has 0 amide bonds. The first-order valence-corrected chi connectivity index (χ1v) is 10.8. The summed E-state index contributed by atoms with van der Waals surface area (Å²) >= 11 is 3.12. The summed E-state index contributed by atoms with van der Waals surface area (Å²) in [6.07, 6.45) is 2.30. The molecule has 1 fully saturated rings. The molecule has 1 saturated heterocycles. The lowest BCUT2D eigenvalue weighted by molar-refractivity contribution is 0.614. The average Bonchev–Trinajstić information content (AvgIpc) is 3.45. The number of aromatic nitrogens is 3. The van der Waals surface area contributed by atoms with Crippen LogP contribution in [0.5, 0.6) is 0 Å². The SMILES string of the molecule is O=c1c2nc(N3CCCC3)sc2c(-c2cccs2)nn1Cc1cccc(F)c1. The van der Waals surface area contributed by atoms with Gasteiger partial charge in [-0.2, -0.15) is 5.10 Å². The van der Waals surface area contributed by atoms with E-state index in [0.717, 1.165) is 46.3 Å². The van der Waals surface area contributed by atoms with E-state index < -0.39 is 0 Å². The van der Waals surface area contributed by atoms with E-state index >= 15 is 0 Å². The Kier molecular flexibility index (Phi) is 4.44. The molecular weight excluding hydrogens is 395 g/mol. The maximum atomic E-state index is 13.6. The minimum Gasteiger partial charge on any atom is -0.348 e. The third-order valence-electron chi connectivity index (χ3n) is 4.84. The van der Waals surface area contributed by atoms with Gasteiger partial charge in [0.2, 0.25) is 0 Å². The number of hydrogen-bond donors (Lipinski definition) is 0. The van der Waals surface area contributed by atoms with Gasteiger partial charge in [0, 0.05) is 13.1 Å². The van der Waals surface area contributed by atoms with Crippen molar-refractivity contribution >= 4 is 38.0 Å². The van der Waals surface area contributed by atoms with Gasteiger partial charge in [-0.1, -0.05) is 29.5 Å². The molecule has 3 aromatic heterocycles. The third-order valence-corrected chi connectivity index (χ3v) is 6.84. The summed E-state index contributed by atoms with van der Waals surface area (Å²) in [6.45, 7) is 2.15. The quantitative estimate of drug-likeness (QED) is 0.499. The van der Waals surface area contributed by atoms with Crippen molar-refractivity contribution in [3.05, 3.63) is 63.5 Å². The Balaban J connectivity index is 1.68. The number of rotatable bonds is 4. The molecule has 0 spiro atoms. The number of nitrogens with zero attached hydrogens (tertiary/aromatic N) is 4. The summed E-state index contributed by atoms with van der Waals surface area (Å²) < 4.78 is 15.8. The van der Waals surface area contributed by atoms with Gasteiger partial charge in [0.15, 0.2) is 10.6 Å². The minimum atomic E-state index is -0.324. The Morgan fingerprint density at radius 3 is 2.75 bits per heavy atom. The highest BCUT2D eigenvalue weighted by molar-refractivity contribution is 7.23. The predicted octanol–water partition coefficient (Wildman–Crippen LogP) is 4.37. The fourth-order valence-electron chi connectivity index (χ4n) is 3.48. The molecule has 5 rings (SSSR count). The van der Waals surface area contributed by atoms with E-state index in [1.54, 1.807) is 23.5 Å². The van der Waals surface area contributed by atoms with Gasteiger partial charge in [-0.05, 0) is 42.0 Å². The highest BCUT2D eigenvalue weighted by Gasteiger charge is 2.22. The molecule has 0 radical (unpaired) electrons. The molecule has 1 aliphatic rings. The average molecular weight is 413 g/mol. The molecule has 0 saturated carbocycles. The van der Waals surface area contributed by atoms with Gasteiger partial charge in [-0.3, -0.25) is 4.79 Å². The van der Waals surface area contributed by atoms with Crippen molar-refractivity contribution in [3.63, 3.8) is 0 Å². The van der Waals surface area contributed by atoms with Crippen molar-refractivity contribution in [3.8, 4) is 10.6 Å². The first kappa shape index (κ1) is 17.5. The molecule has 142 valence electrons. The van der Waals surface area contributed by atoms with E-state index in [0.29, 0.717) is 11.1 Å². The third kappa shape index (κ3) is 3.12. The number of thiazole rings is 1. The molecule has 28 heavy (non-hydrogen) atoms. The van der Waals surface area contributed by atoms with Crippen molar-refractivity contribution in [1.82, 2.24) is 14.8 Å². The smallest absolute Gasteiger partial charge is 0.294 e. The molecule has 1 aromatic carbocycles. The zero-order valence-corrected chi connectivity index (χ0v) is 16.6. The lowest BCUT2D eigenvalue weighted by atomic mass is 10.2. The monoisotopic (exact) mass is 412 g/mol. The zero-order valence-electron chi connectivity index (χ0n) is 15.0. The molecule has 0 unspecified atom stereocenters. The molecule has 4 heterocycles. The van der Waals surface area contributed by atoms with E-state index in [-0.39, 0.29) is 17.9 Å². The van der Waals surface area contributed by atoms with Gasteiger partial charge in [0.1, 0.15) is 11.5 Å². The van der Waals surface area contributed by atoms with Gasteiger partial charge in [0.05, 0.1) is 16.1 Å². The standard InChI is InChI=1S/C20H17FN4OS2/c21-14-6-3-5-13(11-14)12-25-19(26)17-18(16(23-25)15-7-4-10-27-15)28-20(22-17)24-8-1-2-9-24/h3-7,10-11H,1-2,8-9,12H2. The molecule has 0 aliphatic carbocycles. The Hall–Kier alpha value is -2.58. The number of fused-ring (bicyclic) bond motifs is 1. The van der Waals surface area contributed by atoms with Crippen molar-refractivity contribution in [1.29, 1.82) is 0 Å². The lowest BCUT2D eigenvalue weighted by Gasteiger charge is -2.11. The molecule has 0 bridgehead atoms. The van der Waals surface area contributed by atoms with Gasteiger partial charge >= 0.3 is 0 Å². The van der Waals surface area contributed by atoms with Crippen molar-refractivity contribution in [2.75, 3.05) is 18.0 Å². The van der Waals surface area contributed by atoms with Crippen LogP contribution in [-0.4, -0.2) is 27.9 Å². The molecule has 0 N–H and O–H groups in total. The maximum Gasteiger partial charge on any atom is 0.294 e. The number of hydrogen-bond acceptors (Lipinski definition) is 6. The van der Waals surface area contributed by atoms with E-state index in [2.05, 4.69) is 15.0 Å². The first-order valence-electron chi connectivity index (χ1n) is 9.14. The summed E-state index contributed by atoms with van der Waals surface area (Å²) in [6, 6.07) is 10.2. The van der Waals surface area contributed by atoms with E-state index in [1.165, 1.54) is 28.2 Å². The predicted molar refractivity (Wildman–Crippen MR) is 112 cm³/mol. The van der Waals surface area contributed by atoms with Gasteiger partial charge in [0.25, 0.3) is 5.56 Å². The van der Waals surface area contributed by atoms with Crippen LogP contribution in [0.4, 0.5) is 9.52 Å². The van der Waals surface area contributed by atoms with Crippen LogP contribution in [0.15, 0.2) is 46.6 Å². The second-order valence-electron chi connectivity index (χ2n) is 6.79. The maximum absolute atomic E-state index is 13.6. The van der Waals surface area contributed by atoms with E-state index in [1.807, 2.05) is 17.5 Å². The number of benzene rings is 1. The lowest BCUT2D eigenvalue weighted by Crippen LogP contribution is -2.24. The molecule has 0 atom stereocenters. The van der Waals surface area contributed by atoms with Crippen LogP contribution < -0.4 is 10.5 Å². The summed E-state index contributed by atoms with van der Waals surface area (Å²) in [5, 5.41) is 7.53. The van der Waals surface area contributed by atoms with E-state index in [9.17, 15) is 9.18 Å². The second-order valence-corrected chi connectivity index (χ2v) is 8.71. The van der Waals surface area contributed by atoms with Crippen LogP contribution in [0.3, 0.4) is 0 Å². The Bertz CT molecular complexity index is 1190. The topological polar surface area (TPSA) is 51.0 Å². The van der Waals surface area contributed by atoms with Crippen LogP contribution in [0.1, 0.15) is 18.4 Å². The van der Waals surface area contributed by atoms with Crippen molar-refractivity contribution < 1.29 is 4.39 Å². The highest BCUT2D eigenvalue weighted by Crippen LogP contribution is 2.36. The Labute approximate surface area is 168 Å². The first-order chi connectivity index (χ1) is 13.7. The van der Waals surface area contributed by atoms with Crippen molar-refractivity contribution in [2.45, 2.75) is 19.4 Å². The molecule has 1 aliphatic heterocycles. The summed E-state index contributed by atoms with van der Waals surface area (Å²) in [4.78, 5) is 21.0. The second kappa shape index (κ2) is 7.10. The largest absolute Gasteiger partial charge is 0.348 e. The summed E-state index contributed by atoms with van der Waals surface area (Å²) in [7, 11) is 0. The van der Waals surface area contributed by atoms with Crippen LogP contribution >= 0.6 is 22.7 Å². The van der Waals surface area contributed by atoms with Crippen LogP contribution in [0.2, 0.25) is 0 Å². The Morgan fingerprint density at radius 1 is 1.14 bits per heavy atom. The minimum absolute atomic E-state index is 0.210. The zero-order chi connectivity index (χ0) is 19.1. The fraction of sp³-hybridized carbons (Fsp3) is 0.250. The fourth-order valence-corrected chi connectivity index (χ4v) is 5.37. The number of anilines is 1. The van der Waals surface area contributed by atoms with Crippen molar-refractivity contribution in [2.24, 2.45) is 0 Å². The number of halogens is 1. The van der Waals surface area contributed by atoms with Crippen LogP contribution in [0, 0.1) is 5.82 Å². The van der Waals surface area contributed by atoms with Gasteiger partial charge < -0.3 is 4.90 Å². The molecule has 4 aromatic rings.